The summed E-state index contributed by atoms with van der Waals surface area (Å²) >= 11 is 0. The molecule has 21 heavy (non-hydrogen) atoms. The number of halogens is 1. The smallest absolute Gasteiger partial charge is 0.322 e. The summed E-state index contributed by atoms with van der Waals surface area (Å²) in [5.74, 6) is -0.455. The third-order valence-electron chi connectivity index (χ3n) is 3.16. The van der Waals surface area contributed by atoms with Gasteiger partial charge >= 0.3 is 6.03 Å². The fourth-order valence-corrected chi connectivity index (χ4v) is 1.99. The molecule has 0 aliphatic rings. The molecule has 1 N–H and O–H groups in total. The van der Waals surface area contributed by atoms with E-state index in [0.29, 0.717) is 13.1 Å². The predicted octanol–water partition coefficient (Wildman–Crippen LogP) is 3.38. The number of hydrogen-bond donors (Lipinski definition) is 1. The number of nitrogens with one attached hydrogen (secondary N) is 1. The van der Waals surface area contributed by atoms with Crippen LogP contribution in [0.5, 0.6) is 0 Å². The van der Waals surface area contributed by atoms with Crippen molar-refractivity contribution in [1.82, 2.24) is 9.47 Å². The van der Waals surface area contributed by atoms with Crippen LogP contribution >= 0.6 is 0 Å². The maximum atomic E-state index is 13.6. The molecule has 2 amide bonds. The quantitative estimate of drug-likeness (QED) is 0.841. The van der Waals surface area contributed by atoms with Crippen LogP contribution in [0.15, 0.2) is 55.3 Å². The molecule has 0 fully saturated rings. The molecule has 2 aromatic rings. The van der Waals surface area contributed by atoms with Gasteiger partial charge in [-0.15, -0.1) is 6.58 Å². The molecule has 0 aliphatic carbocycles. The zero-order valence-electron chi connectivity index (χ0n) is 11.9. The first-order valence-corrected chi connectivity index (χ1v) is 6.63. The fraction of sp³-hybridized carbons (Fsp3) is 0.188. The number of nitrogens with zero attached hydrogens (tertiary/aromatic N) is 2. The van der Waals surface area contributed by atoms with Crippen LogP contribution in [0.3, 0.4) is 0 Å². The molecule has 0 aliphatic heterocycles. The summed E-state index contributed by atoms with van der Waals surface area (Å²) in [5, 5.41) is 2.58. The van der Waals surface area contributed by atoms with E-state index in [9.17, 15) is 9.18 Å². The molecule has 0 unspecified atom stereocenters. The number of benzene rings is 1. The minimum Gasteiger partial charge on any atom is -0.353 e. The highest BCUT2D eigenvalue weighted by Crippen LogP contribution is 2.14. The fourth-order valence-electron chi connectivity index (χ4n) is 1.99. The zero-order chi connectivity index (χ0) is 15.2. The van der Waals surface area contributed by atoms with Crippen LogP contribution in [0.1, 0.15) is 5.69 Å². The zero-order valence-corrected chi connectivity index (χ0v) is 11.9. The van der Waals surface area contributed by atoms with Crippen molar-refractivity contribution >= 4 is 11.7 Å². The van der Waals surface area contributed by atoms with Crippen LogP contribution in [0.25, 0.3) is 0 Å². The molecule has 1 heterocycles. The van der Waals surface area contributed by atoms with E-state index in [1.54, 1.807) is 23.1 Å². The molecule has 0 saturated heterocycles. The maximum absolute atomic E-state index is 13.6. The Morgan fingerprint density at radius 1 is 1.38 bits per heavy atom. The maximum Gasteiger partial charge on any atom is 0.322 e. The number of rotatable bonds is 5. The van der Waals surface area contributed by atoms with Gasteiger partial charge in [-0.1, -0.05) is 18.2 Å². The summed E-state index contributed by atoms with van der Waals surface area (Å²) in [6, 6.07) is 9.58. The lowest BCUT2D eigenvalue weighted by Crippen LogP contribution is -2.35. The standard InChI is InChI=1S/C16H18FN3O/c1-3-10-20(12-13-7-6-11-19(13)2)16(21)18-15-9-5-4-8-14(15)17/h3-9,11H,1,10,12H2,2H3,(H,18,21). The van der Waals surface area contributed by atoms with Crippen LogP contribution in [-0.4, -0.2) is 22.0 Å². The Balaban J connectivity index is 2.10. The largest absolute Gasteiger partial charge is 0.353 e. The van der Waals surface area contributed by atoms with E-state index < -0.39 is 5.82 Å². The van der Waals surface area contributed by atoms with Gasteiger partial charge in [0.25, 0.3) is 0 Å². The molecule has 2 rings (SSSR count). The van der Waals surface area contributed by atoms with E-state index in [1.165, 1.54) is 12.1 Å². The molecule has 0 radical (unpaired) electrons. The summed E-state index contributed by atoms with van der Waals surface area (Å²) in [5.41, 5.74) is 1.16. The monoisotopic (exact) mass is 287 g/mol. The molecule has 4 nitrogen and oxygen atoms in total. The number of para-hydroxylation sites is 1. The topological polar surface area (TPSA) is 37.3 Å². The number of aryl methyl sites for hydroxylation is 1. The molecular formula is C16H18FN3O. The molecule has 0 saturated carbocycles. The van der Waals surface area contributed by atoms with Crippen molar-refractivity contribution in [2.24, 2.45) is 7.05 Å². The second-order valence-corrected chi connectivity index (χ2v) is 4.69. The summed E-state index contributed by atoms with van der Waals surface area (Å²) < 4.78 is 15.5. The van der Waals surface area contributed by atoms with Crippen molar-refractivity contribution in [3.05, 3.63) is 66.8 Å². The first-order valence-electron chi connectivity index (χ1n) is 6.63. The van der Waals surface area contributed by atoms with E-state index in [-0.39, 0.29) is 11.7 Å². The Hall–Kier alpha value is -2.56. The summed E-state index contributed by atoms with van der Waals surface area (Å²) in [6.45, 7) is 4.46. The van der Waals surface area contributed by atoms with E-state index >= 15 is 0 Å². The lowest BCUT2D eigenvalue weighted by Gasteiger charge is -2.22. The van der Waals surface area contributed by atoms with Crippen molar-refractivity contribution < 1.29 is 9.18 Å². The second kappa shape index (κ2) is 6.74. The van der Waals surface area contributed by atoms with Crippen molar-refractivity contribution in [2.45, 2.75) is 6.54 Å². The minimum absolute atomic E-state index is 0.170. The van der Waals surface area contributed by atoms with Gasteiger partial charge in [0.15, 0.2) is 0 Å². The molecule has 0 spiro atoms. The van der Waals surface area contributed by atoms with Gasteiger partial charge in [0, 0.05) is 25.5 Å². The summed E-state index contributed by atoms with van der Waals surface area (Å²) in [4.78, 5) is 13.8. The molecule has 0 atom stereocenters. The van der Waals surface area contributed by atoms with E-state index in [2.05, 4.69) is 11.9 Å². The Bertz CT molecular complexity index is 636. The predicted molar refractivity (Wildman–Crippen MR) is 81.4 cm³/mol. The van der Waals surface area contributed by atoms with Crippen LogP contribution in [-0.2, 0) is 13.6 Å². The van der Waals surface area contributed by atoms with E-state index in [0.717, 1.165) is 5.69 Å². The van der Waals surface area contributed by atoms with Crippen LogP contribution in [0.4, 0.5) is 14.9 Å². The van der Waals surface area contributed by atoms with E-state index in [4.69, 9.17) is 0 Å². The Labute approximate surface area is 123 Å². The molecule has 110 valence electrons. The number of hydrogen-bond acceptors (Lipinski definition) is 1. The lowest BCUT2D eigenvalue weighted by atomic mass is 10.3. The van der Waals surface area contributed by atoms with Gasteiger partial charge in [0.1, 0.15) is 5.82 Å². The Kier molecular flexibility index (Phi) is 4.77. The van der Waals surface area contributed by atoms with Crippen molar-refractivity contribution in [3.63, 3.8) is 0 Å². The van der Waals surface area contributed by atoms with Gasteiger partial charge in [-0.3, -0.25) is 0 Å². The van der Waals surface area contributed by atoms with Crippen LogP contribution < -0.4 is 5.32 Å². The first-order chi connectivity index (χ1) is 10.1. The average molecular weight is 287 g/mol. The van der Waals surface area contributed by atoms with Crippen molar-refractivity contribution in [3.8, 4) is 0 Å². The van der Waals surface area contributed by atoms with Crippen molar-refractivity contribution in [1.29, 1.82) is 0 Å². The van der Waals surface area contributed by atoms with Gasteiger partial charge < -0.3 is 14.8 Å². The highest BCUT2D eigenvalue weighted by Gasteiger charge is 2.15. The Morgan fingerprint density at radius 2 is 2.14 bits per heavy atom. The van der Waals surface area contributed by atoms with Crippen molar-refractivity contribution in [2.75, 3.05) is 11.9 Å². The second-order valence-electron chi connectivity index (χ2n) is 4.69. The van der Waals surface area contributed by atoms with Gasteiger partial charge in [-0.25, -0.2) is 9.18 Å². The summed E-state index contributed by atoms with van der Waals surface area (Å²) in [6.07, 6.45) is 3.56. The van der Waals surface area contributed by atoms with E-state index in [1.807, 2.05) is 29.9 Å². The molecule has 1 aromatic carbocycles. The number of anilines is 1. The number of carbonyl (C=O) groups excluding carboxylic acids is 1. The normalized spacial score (nSPS) is 10.2. The molecular weight excluding hydrogens is 269 g/mol. The number of urea groups is 1. The van der Waals surface area contributed by atoms with Gasteiger partial charge in [-0.2, -0.15) is 0 Å². The first kappa shape index (κ1) is 14.8. The SMILES string of the molecule is C=CCN(Cc1cccn1C)C(=O)Nc1ccccc1F. The van der Waals surface area contributed by atoms with Crippen LogP contribution in [0, 0.1) is 5.82 Å². The van der Waals surface area contributed by atoms with Gasteiger partial charge in [-0.05, 0) is 24.3 Å². The third-order valence-corrected chi connectivity index (χ3v) is 3.16. The minimum atomic E-state index is -0.455. The van der Waals surface area contributed by atoms with Crippen LogP contribution in [0.2, 0.25) is 0 Å². The Morgan fingerprint density at radius 3 is 2.76 bits per heavy atom. The third kappa shape index (κ3) is 3.72. The highest BCUT2D eigenvalue weighted by molar-refractivity contribution is 5.89. The van der Waals surface area contributed by atoms with Gasteiger partial charge in [0.05, 0.1) is 12.2 Å². The molecule has 0 bridgehead atoms. The summed E-state index contributed by atoms with van der Waals surface area (Å²) in [7, 11) is 1.91. The molecule has 1 aromatic heterocycles. The number of aromatic nitrogens is 1. The average Bonchev–Trinajstić information content (AvgIpc) is 2.86. The molecule has 5 heteroatoms. The van der Waals surface area contributed by atoms with Gasteiger partial charge in [0.2, 0.25) is 0 Å². The number of amides is 2. The lowest BCUT2D eigenvalue weighted by molar-refractivity contribution is 0.214. The number of carbonyl (C=O) groups is 1. The highest BCUT2D eigenvalue weighted by atomic mass is 19.1.